The average Bonchev–Trinajstić information content (AvgIpc) is 2.62. The molecule has 1 aromatic carbocycles. The monoisotopic (exact) mass is 249 g/mol. The minimum Gasteiger partial charge on any atom is -0.454 e. The third-order valence-electron chi connectivity index (χ3n) is 2.33. The minimum absolute atomic E-state index is 0. The zero-order valence-corrected chi connectivity index (χ0v) is 9.90. The molecule has 84 valence electrons. The van der Waals surface area contributed by atoms with Gasteiger partial charge in [0.05, 0.1) is 0 Å². The second kappa shape index (κ2) is 4.92. The zero-order valence-electron chi connectivity index (χ0n) is 8.33. The molecule has 3 nitrogen and oxygen atoms in total. The van der Waals surface area contributed by atoms with E-state index >= 15 is 0 Å². The fraction of sp³-hybridized carbons (Fsp3) is 0.400. The highest BCUT2D eigenvalue weighted by Crippen LogP contribution is 2.38. The van der Waals surface area contributed by atoms with E-state index in [0.29, 0.717) is 10.8 Å². The van der Waals surface area contributed by atoms with Gasteiger partial charge in [0.15, 0.2) is 11.5 Å². The highest BCUT2D eigenvalue weighted by molar-refractivity contribution is 6.31. The summed E-state index contributed by atoms with van der Waals surface area (Å²) in [6.45, 7) is 2.28. The zero-order chi connectivity index (χ0) is 10.1. The Labute approximate surface area is 99.9 Å². The lowest BCUT2D eigenvalue weighted by Gasteiger charge is -2.11. The van der Waals surface area contributed by atoms with E-state index in [2.05, 4.69) is 0 Å². The summed E-state index contributed by atoms with van der Waals surface area (Å²) in [5, 5.41) is 0.642. The number of hydrogen-bond donors (Lipinski definition) is 1. The molecule has 0 fully saturated rings. The Morgan fingerprint density at radius 1 is 1.40 bits per heavy atom. The number of nitrogens with two attached hydrogens (primary N) is 1. The Morgan fingerprint density at radius 2 is 2.00 bits per heavy atom. The van der Waals surface area contributed by atoms with Crippen LogP contribution in [-0.2, 0) is 0 Å². The van der Waals surface area contributed by atoms with Crippen molar-refractivity contribution in [2.75, 3.05) is 6.79 Å². The van der Waals surface area contributed by atoms with Crippen molar-refractivity contribution in [1.29, 1.82) is 0 Å². The maximum atomic E-state index is 6.07. The molecule has 0 aliphatic carbocycles. The van der Waals surface area contributed by atoms with Crippen molar-refractivity contribution in [3.05, 3.63) is 22.7 Å². The second-order valence-electron chi connectivity index (χ2n) is 3.24. The highest BCUT2D eigenvalue weighted by Gasteiger charge is 2.18. The predicted molar refractivity (Wildman–Crippen MR) is 62.0 cm³/mol. The van der Waals surface area contributed by atoms with Crippen molar-refractivity contribution in [1.82, 2.24) is 0 Å². The molecule has 0 aromatic heterocycles. The first kappa shape index (κ1) is 12.4. The maximum absolute atomic E-state index is 6.07. The van der Waals surface area contributed by atoms with Crippen molar-refractivity contribution in [2.24, 2.45) is 5.73 Å². The van der Waals surface area contributed by atoms with Crippen LogP contribution in [0.15, 0.2) is 12.1 Å². The van der Waals surface area contributed by atoms with Crippen LogP contribution in [0.5, 0.6) is 11.5 Å². The molecule has 0 spiro atoms. The Hall–Kier alpha value is -0.640. The fourth-order valence-corrected chi connectivity index (χ4v) is 1.73. The molecule has 2 rings (SSSR count). The van der Waals surface area contributed by atoms with Crippen LogP contribution in [0.25, 0.3) is 0 Å². The largest absolute Gasteiger partial charge is 0.454 e. The van der Waals surface area contributed by atoms with Crippen LogP contribution in [-0.4, -0.2) is 6.79 Å². The summed E-state index contributed by atoms with van der Waals surface area (Å²) in [7, 11) is 0. The average molecular weight is 250 g/mol. The second-order valence-corrected chi connectivity index (χ2v) is 3.65. The predicted octanol–water partition coefficient (Wildman–Crippen LogP) is 2.90. The number of halogens is 2. The van der Waals surface area contributed by atoms with Gasteiger partial charge in [-0.05, 0) is 18.1 Å². The quantitative estimate of drug-likeness (QED) is 0.877. The van der Waals surface area contributed by atoms with Crippen molar-refractivity contribution in [3.8, 4) is 11.5 Å². The summed E-state index contributed by atoms with van der Waals surface area (Å²) in [6, 6.07) is 3.57. The van der Waals surface area contributed by atoms with Crippen molar-refractivity contribution >= 4 is 24.0 Å². The van der Waals surface area contributed by atoms with E-state index < -0.39 is 0 Å². The van der Waals surface area contributed by atoms with E-state index in [9.17, 15) is 0 Å². The summed E-state index contributed by atoms with van der Waals surface area (Å²) >= 11 is 6.07. The fourth-order valence-electron chi connectivity index (χ4n) is 1.44. The number of rotatable bonds is 2. The number of hydrogen-bond acceptors (Lipinski definition) is 3. The lowest BCUT2D eigenvalue weighted by atomic mass is 10.0. The van der Waals surface area contributed by atoms with Crippen LogP contribution in [0, 0.1) is 0 Å². The van der Waals surface area contributed by atoms with Crippen LogP contribution >= 0.6 is 24.0 Å². The van der Waals surface area contributed by atoms with E-state index in [1.807, 2.05) is 13.0 Å². The molecule has 0 bridgehead atoms. The molecule has 1 aromatic rings. The van der Waals surface area contributed by atoms with Gasteiger partial charge in [-0.2, -0.15) is 0 Å². The molecule has 5 heteroatoms. The van der Waals surface area contributed by atoms with Crippen LogP contribution in [0.2, 0.25) is 5.02 Å². The van der Waals surface area contributed by atoms with E-state index in [1.165, 1.54) is 0 Å². The van der Waals surface area contributed by atoms with Gasteiger partial charge in [-0.25, -0.2) is 0 Å². The molecular formula is C10H13Cl2NO2. The molecule has 0 saturated carbocycles. The molecular weight excluding hydrogens is 237 g/mol. The summed E-state index contributed by atoms with van der Waals surface area (Å²) in [5.74, 6) is 1.43. The first-order chi connectivity index (χ1) is 6.72. The minimum atomic E-state index is -0.0444. The highest BCUT2D eigenvalue weighted by atomic mass is 35.5. The molecule has 1 aliphatic rings. The molecule has 0 amide bonds. The van der Waals surface area contributed by atoms with Crippen LogP contribution in [0.3, 0.4) is 0 Å². The third kappa shape index (κ3) is 2.30. The first-order valence-corrected chi connectivity index (χ1v) is 4.94. The number of benzene rings is 1. The van der Waals surface area contributed by atoms with Gasteiger partial charge in [0.25, 0.3) is 0 Å². The normalized spacial score (nSPS) is 14.6. The van der Waals surface area contributed by atoms with Gasteiger partial charge in [0, 0.05) is 17.1 Å². The Bertz CT molecular complexity index is 358. The van der Waals surface area contributed by atoms with Gasteiger partial charge < -0.3 is 15.2 Å². The van der Waals surface area contributed by atoms with Crippen LogP contribution in [0.4, 0.5) is 0 Å². The summed E-state index contributed by atoms with van der Waals surface area (Å²) in [6.07, 6.45) is 0.847. The maximum Gasteiger partial charge on any atom is 0.231 e. The van der Waals surface area contributed by atoms with Gasteiger partial charge in [-0.3, -0.25) is 0 Å². The van der Waals surface area contributed by atoms with Crippen LogP contribution < -0.4 is 15.2 Å². The Balaban J connectivity index is 0.00000112. The Morgan fingerprint density at radius 3 is 2.60 bits per heavy atom. The van der Waals surface area contributed by atoms with Crippen molar-refractivity contribution in [2.45, 2.75) is 19.4 Å². The van der Waals surface area contributed by atoms with Gasteiger partial charge in [0.1, 0.15) is 0 Å². The number of fused-ring (bicyclic) bond motifs is 1. The van der Waals surface area contributed by atoms with Crippen molar-refractivity contribution < 1.29 is 9.47 Å². The van der Waals surface area contributed by atoms with Gasteiger partial charge >= 0.3 is 0 Å². The number of ether oxygens (including phenoxy) is 2. The van der Waals surface area contributed by atoms with E-state index in [4.69, 9.17) is 26.8 Å². The molecule has 1 atom stereocenters. The lowest BCUT2D eigenvalue weighted by molar-refractivity contribution is 0.174. The third-order valence-corrected chi connectivity index (χ3v) is 2.66. The van der Waals surface area contributed by atoms with Gasteiger partial charge in [-0.15, -0.1) is 12.4 Å². The Kier molecular flexibility index (Phi) is 4.08. The van der Waals surface area contributed by atoms with E-state index in [-0.39, 0.29) is 25.2 Å². The molecule has 2 N–H and O–H groups in total. The molecule has 1 heterocycles. The molecule has 0 radical (unpaired) electrons. The first-order valence-electron chi connectivity index (χ1n) is 4.57. The lowest BCUT2D eigenvalue weighted by Crippen LogP contribution is -2.09. The summed E-state index contributed by atoms with van der Waals surface area (Å²) < 4.78 is 10.5. The molecule has 1 aliphatic heterocycles. The SMILES string of the molecule is CC[C@@H](N)c1cc2c(cc1Cl)OCO2.Cl. The van der Waals surface area contributed by atoms with Gasteiger partial charge in [-0.1, -0.05) is 18.5 Å². The standard InChI is InChI=1S/C10H12ClNO2.ClH/c1-2-8(12)6-3-9-10(4-7(6)11)14-5-13-9;/h3-4,8H,2,5,12H2,1H3;1H/t8-;/m1./s1. The summed E-state index contributed by atoms with van der Waals surface area (Å²) in [4.78, 5) is 0. The van der Waals surface area contributed by atoms with E-state index in [1.54, 1.807) is 6.07 Å². The molecule has 0 saturated heterocycles. The van der Waals surface area contributed by atoms with E-state index in [0.717, 1.165) is 17.7 Å². The van der Waals surface area contributed by atoms with Gasteiger partial charge in [0.2, 0.25) is 6.79 Å². The van der Waals surface area contributed by atoms with Crippen LogP contribution in [0.1, 0.15) is 24.9 Å². The molecule has 15 heavy (non-hydrogen) atoms. The van der Waals surface area contributed by atoms with Crippen molar-refractivity contribution in [3.63, 3.8) is 0 Å². The topological polar surface area (TPSA) is 44.5 Å². The molecule has 0 unspecified atom stereocenters. The smallest absolute Gasteiger partial charge is 0.231 e. The summed E-state index contributed by atoms with van der Waals surface area (Å²) in [5.41, 5.74) is 6.82.